The third-order valence-electron chi connectivity index (χ3n) is 3.44. The molecule has 1 unspecified atom stereocenters. The lowest BCUT2D eigenvalue weighted by atomic mass is 9.97. The zero-order chi connectivity index (χ0) is 14.0. The van der Waals surface area contributed by atoms with E-state index in [4.69, 9.17) is 0 Å². The molecule has 0 bridgehead atoms. The first kappa shape index (κ1) is 13.9. The summed E-state index contributed by atoms with van der Waals surface area (Å²) in [6, 6.07) is 8.17. The van der Waals surface area contributed by atoms with E-state index in [9.17, 15) is 4.79 Å². The van der Waals surface area contributed by atoms with E-state index < -0.39 is 0 Å². The molecule has 1 aromatic carbocycles. The molecule has 104 valence electrons. The number of nitrogens with one attached hydrogen (secondary N) is 2. The van der Waals surface area contributed by atoms with Gasteiger partial charge in [0.15, 0.2) is 0 Å². The monoisotopic (exact) mass is 261 g/mol. The Morgan fingerprint density at radius 3 is 2.84 bits per heavy atom. The molecule has 2 rings (SSSR count). The van der Waals surface area contributed by atoms with Crippen LogP contribution in [0.4, 0.5) is 5.69 Å². The standard InChI is InChI=1S/C15H23N3O/c1-11-6-5-7-12(8-11)18-10-15(2,3)17-14(19)13(18)9-16-4/h5-8,13,16H,9-10H2,1-4H3,(H,17,19). The summed E-state index contributed by atoms with van der Waals surface area (Å²) in [5.41, 5.74) is 2.12. The third-order valence-corrected chi connectivity index (χ3v) is 3.44. The lowest BCUT2D eigenvalue weighted by Gasteiger charge is -2.45. The number of carbonyl (C=O) groups excluding carboxylic acids is 1. The zero-order valence-electron chi connectivity index (χ0n) is 12.2. The normalized spacial score (nSPS) is 22.2. The summed E-state index contributed by atoms with van der Waals surface area (Å²) in [5, 5.41) is 6.19. The number of nitrogens with zero attached hydrogens (tertiary/aromatic N) is 1. The number of carbonyl (C=O) groups is 1. The average Bonchev–Trinajstić information content (AvgIpc) is 2.31. The number of rotatable bonds is 3. The molecule has 0 aromatic heterocycles. The molecule has 0 radical (unpaired) electrons. The number of likely N-dealkylation sites (N-methyl/N-ethyl adjacent to an activating group) is 1. The highest BCUT2D eigenvalue weighted by Gasteiger charge is 2.38. The van der Waals surface area contributed by atoms with Gasteiger partial charge < -0.3 is 15.5 Å². The van der Waals surface area contributed by atoms with Crippen molar-refractivity contribution in [3.05, 3.63) is 29.8 Å². The van der Waals surface area contributed by atoms with Crippen molar-refractivity contribution in [2.45, 2.75) is 32.4 Å². The van der Waals surface area contributed by atoms with E-state index in [0.29, 0.717) is 6.54 Å². The molecule has 2 N–H and O–H groups in total. The zero-order valence-corrected chi connectivity index (χ0v) is 12.2. The van der Waals surface area contributed by atoms with Crippen LogP contribution in [0.25, 0.3) is 0 Å². The Hall–Kier alpha value is -1.55. The summed E-state index contributed by atoms with van der Waals surface area (Å²) < 4.78 is 0. The van der Waals surface area contributed by atoms with Gasteiger partial charge in [-0.25, -0.2) is 0 Å². The Labute approximate surface area is 115 Å². The second-order valence-electron chi connectivity index (χ2n) is 5.91. The summed E-state index contributed by atoms with van der Waals surface area (Å²) in [4.78, 5) is 14.5. The maximum Gasteiger partial charge on any atom is 0.244 e. The van der Waals surface area contributed by atoms with Crippen molar-refractivity contribution in [3.8, 4) is 0 Å². The number of hydrogen-bond donors (Lipinski definition) is 2. The molecule has 4 heteroatoms. The van der Waals surface area contributed by atoms with Crippen molar-refractivity contribution in [2.24, 2.45) is 0 Å². The van der Waals surface area contributed by atoms with Gasteiger partial charge in [-0.15, -0.1) is 0 Å². The van der Waals surface area contributed by atoms with Crippen molar-refractivity contribution in [1.29, 1.82) is 0 Å². The average molecular weight is 261 g/mol. The molecule has 1 aliphatic heterocycles. The first-order valence-electron chi connectivity index (χ1n) is 6.73. The van der Waals surface area contributed by atoms with Gasteiger partial charge in [0.2, 0.25) is 5.91 Å². The van der Waals surface area contributed by atoms with Crippen LogP contribution in [0.5, 0.6) is 0 Å². The van der Waals surface area contributed by atoms with Crippen LogP contribution in [0, 0.1) is 6.92 Å². The Morgan fingerprint density at radius 2 is 2.21 bits per heavy atom. The molecule has 1 aromatic rings. The summed E-state index contributed by atoms with van der Waals surface area (Å²) in [7, 11) is 1.88. The number of anilines is 1. The molecule has 0 aliphatic carbocycles. The predicted molar refractivity (Wildman–Crippen MR) is 78.5 cm³/mol. The fraction of sp³-hybridized carbons (Fsp3) is 0.533. The minimum absolute atomic E-state index is 0.0899. The van der Waals surface area contributed by atoms with Crippen LogP contribution in [0.15, 0.2) is 24.3 Å². The lowest BCUT2D eigenvalue weighted by Crippen LogP contribution is -2.67. The van der Waals surface area contributed by atoms with Crippen molar-refractivity contribution in [3.63, 3.8) is 0 Å². The molecule has 1 saturated heterocycles. The summed E-state index contributed by atoms with van der Waals surface area (Å²) in [6.07, 6.45) is 0. The molecule has 1 fully saturated rings. The number of hydrogen-bond acceptors (Lipinski definition) is 3. The number of piperazine rings is 1. The van der Waals surface area contributed by atoms with Crippen LogP contribution in [-0.4, -0.2) is 37.6 Å². The molecule has 1 amide bonds. The van der Waals surface area contributed by atoms with Crippen molar-refractivity contribution in [1.82, 2.24) is 10.6 Å². The highest BCUT2D eigenvalue weighted by molar-refractivity contribution is 5.87. The van der Waals surface area contributed by atoms with Crippen LogP contribution in [0.3, 0.4) is 0 Å². The van der Waals surface area contributed by atoms with Crippen molar-refractivity contribution in [2.75, 3.05) is 25.0 Å². The second-order valence-corrected chi connectivity index (χ2v) is 5.91. The van der Waals surface area contributed by atoms with Crippen LogP contribution in [0.2, 0.25) is 0 Å². The molecule has 1 atom stereocenters. The van der Waals surface area contributed by atoms with E-state index in [0.717, 1.165) is 12.2 Å². The van der Waals surface area contributed by atoms with Gasteiger partial charge in [-0.2, -0.15) is 0 Å². The molecular formula is C15H23N3O. The molecule has 0 saturated carbocycles. The van der Waals surface area contributed by atoms with Crippen molar-refractivity contribution >= 4 is 11.6 Å². The molecule has 0 spiro atoms. The van der Waals surface area contributed by atoms with Gasteiger partial charge in [0.25, 0.3) is 0 Å². The predicted octanol–water partition coefficient (Wildman–Crippen LogP) is 1.30. The molecule has 4 nitrogen and oxygen atoms in total. The largest absolute Gasteiger partial charge is 0.356 e. The van der Waals surface area contributed by atoms with Crippen LogP contribution >= 0.6 is 0 Å². The summed E-state index contributed by atoms with van der Waals surface area (Å²) >= 11 is 0. The maximum atomic E-state index is 12.3. The van der Waals surface area contributed by atoms with Gasteiger partial charge in [0, 0.05) is 18.8 Å². The van der Waals surface area contributed by atoms with E-state index in [2.05, 4.69) is 54.5 Å². The molecular weight excluding hydrogens is 238 g/mol. The number of aryl methyl sites for hydroxylation is 1. The first-order chi connectivity index (χ1) is 8.93. The summed E-state index contributed by atoms with van der Waals surface area (Å²) in [6.45, 7) is 7.66. The minimum atomic E-state index is -0.203. The quantitative estimate of drug-likeness (QED) is 0.862. The third kappa shape index (κ3) is 3.07. The van der Waals surface area contributed by atoms with E-state index >= 15 is 0 Å². The molecule has 19 heavy (non-hydrogen) atoms. The Morgan fingerprint density at radius 1 is 1.47 bits per heavy atom. The van der Waals surface area contributed by atoms with E-state index in [1.165, 1.54) is 5.56 Å². The van der Waals surface area contributed by atoms with Crippen LogP contribution in [-0.2, 0) is 4.79 Å². The highest BCUT2D eigenvalue weighted by atomic mass is 16.2. The fourth-order valence-corrected chi connectivity index (χ4v) is 2.61. The highest BCUT2D eigenvalue weighted by Crippen LogP contribution is 2.24. The smallest absolute Gasteiger partial charge is 0.244 e. The van der Waals surface area contributed by atoms with E-state index in [-0.39, 0.29) is 17.5 Å². The van der Waals surface area contributed by atoms with Gasteiger partial charge in [-0.1, -0.05) is 12.1 Å². The maximum absolute atomic E-state index is 12.3. The molecule has 1 aliphatic rings. The van der Waals surface area contributed by atoms with Gasteiger partial charge in [0.05, 0.1) is 5.54 Å². The van der Waals surface area contributed by atoms with Crippen molar-refractivity contribution < 1.29 is 4.79 Å². The summed E-state index contributed by atoms with van der Waals surface area (Å²) in [5.74, 6) is 0.0899. The van der Waals surface area contributed by atoms with Gasteiger partial charge in [-0.3, -0.25) is 4.79 Å². The Bertz CT molecular complexity index is 470. The van der Waals surface area contributed by atoms with Gasteiger partial charge in [0.1, 0.15) is 6.04 Å². The van der Waals surface area contributed by atoms with E-state index in [1.807, 2.05) is 13.1 Å². The second kappa shape index (κ2) is 5.21. The SMILES string of the molecule is CNCC1C(=O)NC(C)(C)CN1c1cccc(C)c1. The number of amides is 1. The van der Waals surface area contributed by atoms with Crippen LogP contribution in [0.1, 0.15) is 19.4 Å². The van der Waals surface area contributed by atoms with Gasteiger partial charge >= 0.3 is 0 Å². The van der Waals surface area contributed by atoms with Crippen LogP contribution < -0.4 is 15.5 Å². The first-order valence-corrected chi connectivity index (χ1v) is 6.73. The minimum Gasteiger partial charge on any atom is -0.356 e. The topological polar surface area (TPSA) is 44.4 Å². The Balaban J connectivity index is 2.34. The van der Waals surface area contributed by atoms with E-state index in [1.54, 1.807) is 0 Å². The number of benzene rings is 1. The fourth-order valence-electron chi connectivity index (χ4n) is 2.61. The molecule has 1 heterocycles. The lowest BCUT2D eigenvalue weighted by molar-refractivity contribution is -0.125. The Kier molecular flexibility index (Phi) is 3.80. The van der Waals surface area contributed by atoms with Gasteiger partial charge in [-0.05, 0) is 45.5 Å².